The topological polar surface area (TPSA) is 136 Å². The van der Waals surface area contributed by atoms with Gasteiger partial charge in [-0.25, -0.2) is 0 Å². The normalized spacial score (nSPS) is 12.8. The van der Waals surface area contributed by atoms with E-state index in [1.54, 1.807) is 7.05 Å². The Kier molecular flexibility index (Phi) is 5.47. The molecule has 0 saturated heterocycles. The molecule has 0 bridgehead atoms. The third-order valence-corrected chi connectivity index (χ3v) is 1.88. The Morgan fingerprint density at radius 1 is 1.19 bits per heavy atom. The van der Waals surface area contributed by atoms with Crippen LogP contribution in [0.1, 0.15) is 6.42 Å². The molecule has 7 heteroatoms. The average Bonchev–Trinajstić information content (AvgIpc) is 2.26. The van der Waals surface area contributed by atoms with E-state index in [0.717, 1.165) is 6.20 Å². The third kappa shape index (κ3) is 3.52. The Bertz CT molecular complexity index is 346. The summed E-state index contributed by atoms with van der Waals surface area (Å²) < 4.78 is 0. The molecule has 0 unspecified atom stereocenters. The van der Waals surface area contributed by atoms with Gasteiger partial charge >= 0.3 is 0 Å². The van der Waals surface area contributed by atoms with Gasteiger partial charge in [-0.05, 0) is 11.8 Å². The number of likely N-dealkylation sites (N-methyl/N-ethyl adjacent to an activating group) is 1. The first-order valence-electron chi connectivity index (χ1n) is 4.56. The molecule has 8 N–H and O–H groups in total. The fourth-order valence-corrected chi connectivity index (χ4v) is 1.11. The van der Waals surface area contributed by atoms with E-state index in [1.165, 1.54) is 7.05 Å². The minimum absolute atomic E-state index is 0.117. The maximum absolute atomic E-state index is 11.6. The highest BCUT2D eigenvalue weighted by Crippen LogP contribution is 2.14. The molecule has 0 rings (SSSR count). The monoisotopic (exact) mass is 227 g/mol. The van der Waals surface area contributed by atoms with Crippen LogP contribution in [0.5, 0.6) is 0 Å². The molecule has 0 aliphatic carbocycles. The number of carbonyl (C=O) groups is 2. The maximum atomic E-state index is 11.6. The first-order chi connectivity index (χ1) is 7.47. The van der Waals surface area contributed by atoms with Gasteiger partial charge in [0.2, 0.25) is 5.91 Å². The number of rotatable bonds is 5. The lowest BCUT2D eigenvalue weighted by atomic mass is 10.0. The standard InChI is InChI=1S/C9H17N5O2/c1-13-8(12)7(9(16)14-2)5(4-10)3-6(11)15/h4,13H,3,10,12H2,1-2H3,(H2,11,15)(H,14,16). The van der Waals surface area contributed by atoms with E-state index < -0.39 is 11.8 Å². The molecular weight excluding hydrogens is 210 g/mol. The van der Waals surface area contributed by atoms with E-state index in [1.807, 2.05) is 0 Å². The van der Waals surface area contributed by atoms with Crippen molar-refractivity contribution < 1.29 is 9.59 Å². The van der Waals surface area contributed by atoms with Crippen molar-refractivity contribution in [2.24, 2.45) is 17.2 Å². The molecule has 0 aromatic rings. The Balaban J connectivity index is 5.34. The zero-order valence-electron chi connectivity index (χ0n) is 9.33. The molecule has 0 aromatic carbocycles. The van der Waals surface area contributed by atoms with Crippen molar-refractivity contribution in [2.75, 3.05) is 14.1 Å². The van der Waals surface area contributed by atoms with Crippen LogP contribution in [0.4, 0.5) is 0 Å². The first kappa shape index (κ1) is 13.8. The summed E-state index contributed by atoms with van der Waals surface area (Å²) in [5.41, 5.74) is 16.4. The molecule has 0 fully saturated rings. The van der Waals surface area contributed by atoms with Gasteiger partial charge in [0.05, 0.1) is 12.0 Å². The Hall–Kier alpha value is -2.18. The van der Waals surface area contributed by atoms with Crippen LogP contribution in [-0.4, -0.2) is 25.9 Å². The fourth-order valence-electron chi connectivity index (χ4n) is 1.11. The summed E-state index contributed by atoms with van der Waals surface area (Å²) >= 11 is 0. The van der Waals surface area contributed by atoms with Crippen LogP contribution in [0.25, 0.3) is 0 Å². The summed E-state index contributed by atoms with van der Waals surface area (Å²) in [6.07, 6.45) is 0.987. The molecule has 0 spiro atoms. The summed E-state index contributed by atoms with van der Waals surface area (Å²) in [5.74, 6) is -0.913. The SMILES string of the molecule is CNC(=O)C(C(=CN)CC(N)=O)=C(N)NC. The second-order valence-electron chi connectivity index (χ2n) is 2.95. The van der Waals surface area contributed by atoms with Crippen molar-refractivity contribution in [2.45, 2.75) is 6.42 Å². The number of hydrogen-bond donors (Lipinski definition) is 5. The Morgan fingerprint density at radius 3 is 2.06 bits per heavy atom. The van der Waals surface area contributed by atoms with Crippen LogP contribution in [0.15, 0.2) is 23.2 Å². The van der Waals surface area contributed by atoms with Crippen LogP contribution < -0.4 is 27.8 Å². The molecule has 0 heterocycles. The van der Waals surface area contributed by atoms with Crippen molar-refractivity contribution >= 4 is 11.8 Å². The number of amides is 2. The molecule has 0 aliphatic rings. The highest BCUT2D eigenvalue weighted by Gasteiger charge is 2.18. The van der Waals surface area contributed by atoms with Gasteiger partial charge in [0.1, 0.15) is 5.82 Å². The summed E-state index contributed by atoms with van der Waals surface area (Å²) in [6, 6.07) is 0. The van der Waals surface area contributed by atoms with Gasteiger partial charge in [-0.2, -0.15) is 0 Å². The molecule has 0 atom stereocenters. The fraction of sp³-hybridized carbons (Fsp3) is 0.333. The van der Waals surface area contributed by atoms with Gasteiger partial charge in [0.15, 0.2) is 0 Å². The number of nitrogens with one attached hydrogen (secondary N) is 2. The van der Waals surface area contributed by atoms with E-state index in [9.17, 15) is 9.59 Å². The molecular formula is C9H17N5O2. The van der Waals surface area contributed by atoms with Crippen LogP contribution in [0.2, 0.25) is 0 Å². The summed E-state index contributed by atoms with van der Waals surface area (Å²) in [6.45, 7) is 0. The van der Waals surface area contributed by atoms with Crippen LogP contribution >= 0.6 is 0 Å². The summed E-state index contributed by atoms with van der Waals surface area (Å²) in [4.78, 5) is 22.4. The Morgan fingerprint density at radius 2 is 1.75 bits per heavy atom. The number of nitrogens with two attached hydrogens (primary N) is 3. The predicted molar refractivity (Wildman–Crippen MR) is 60.4 cm³/mol. The molecule has 7 nitrogen and oxygen atoms in total. The Labute approximate surface area is 93.7 Å². The molecule has 90 valence electrons. The highest BCUT2D eigenvalue weighted by atomic mass is 16.2. The third-order valence-electron chi connectivity index (χ3n) is 1.88. The van der Waals surface area contributed by atoms with Crippen LogP contribution in [0.3, 0.4) is 0 Å². The van der Waals surface area contributed by atoms with Gasteiger partial charge in [-0.1, -0.05) is 0 Å². The van der Waals surface area contributed by atoms with Gasteiger partial charge in [0, 0.05) is 14.1 Å². The zero-order valence-corrected chi connectivity index (χ0v) is 9.33. The van der Waals surface area contributed by atoms with Crippen molar-refractivity contribution in [1.82, 2.24) is 10.6 Å². The van der Waals surface area contributed by atoms with E-state index in [2.05, 4.69) is 10.6 Å². The summed E-state index contributed by atoms with van der Waals surface area (Å²) in [7, 11) is 3.00. The van der Waals surface area contributed by atoms with Crippen molar-refractivity contribution in [3.05, 3.63) is 23.2 Å². The van der Waals surface area contributed by atoms with Crippen molar-refractivity contribution in [3.8, 4) is 0 Å². The lowest BCUT2D eigenvalue weighted by molar-refractivity contribution is -0.117. The molecule has 0 aliphatic heterocycles. The average molecular weight is 227 g/mol. The van der Waals surface area contributed by atoms with E-state index in [4.69, 9.17) is 17.2 Å². The smallest absolute Gasteiger partial charge is 0.255 e. The van der Waals surface area contributed by atoms with Crippen molar-refractivity contribution in [3.63, 3.8) is 0 Å². The minimum atomic E-state index is -0.595. The number of primary amides is 1. The molecule has 0 saturated carbocycles. The first-order valence-corrected chi connectivity index (χ1v) is 4.56. The lowest BCUT2D eigenvalue weighted by Crippen LogP contribution is -2.30. The molecule has 0 radical (unpaired) electrons. The maximum Gasteiger partial charge on any atom is 0.255 e. The van der Waals surface area contributed by atoms with E-state index >= 15 is 0 Å². The largest absolute Gasteiger partial charge is 0.404 e. The second kappa shape index (κ2) is 6.33. The second-order valence-corrected chi connectivity index (χ2v) is 2.95. The predicted octanol–water partition coefficient (Wildman–Crippen LogP) is -2.16. The van der Waals surface area contributed by atoms with Gasteiger partial charge in [-0.3, -0.25) is 9.59 Å². The van der Waals surface area contributed by atoms with Crippen molar-refractivity contribution in [1.29, 1.82) is 0 Å². The minimum Gasteiger partial charge on any atom is -0.404 e. The van der Waals surface area contributed by atoms with E-state index in [0.29, 0.717) is 0 Å². The van der Waals surface area contributed by atoms with Crippen LogP contribution in [0, 0.1) is 0 Å². The summed E-state index contributed by atoms with van der Waals surface area (Å²) in [5, 5.41) is 5.02. The van der Waals surface area contributed by atoms with Gasteiger partial charge < -0.3 is 27.8 Å². The zero-order chi connectivity index (χ0) is 12.7. The van der Waals surface area contributed by atoms with E-state index in [-0.39, 0.29) is 23.4 Å². The molecule has 2 amide bonds. The number of hydrogen-bond acceptors (Lipinski definition) is 5. The quantitative estimate of drug-likeness (QED) is 0.269. The lowest BCUT2D eigenvalue weighted by Gasteiger charge is -2.12. The van der Waals surface area contributed by atoms with Gasteiger partial charge in [-0.15, -0.1) is 0 Å². The highest BCUT2D eigenvalue weighted by molar-refractivity contribution is 5.99. The molecule has 0 aromatic heterocycles. The van der Waals surface area contributed by atoms with Gasteiger partial charge in [0.25, 0.3) is 5.91 Å². The number of carbonyl (C=O) groups excluding carboxylic acids is 2. The van der Waals surface area contributed by atoms with Crippen LogP contribution in [-0.2, 0) is 9.59 Å². The molecule has 16 heavy (non-hydrogen) atoms.